The van der Waals surface area contributed by atoms with Crippen molar-refractivity contribution in [2.45, 2.75) is 32.2 Å². The standard InChI is InChI=1S/C10H17N3O2S/c1-6-2-3-7(4-6)13-10(15)9(14)12-5-8(11)16/h6-7H,2-5H2,1H3,(H2,11,16)(H,12,14)(H,13,15). The molecule has 1 fully saturated rings. The van der Waals surface area contributed by atoms with Crippen LogP contribution >= 0.6 is 12.2 Å². The maximum absolute atomic E-state index is 11.4. The highest BCUT2D eigenvalue weighted by Gasteiger charge is 2.24. The van der Waals surface area contributed by atoms with E-state index in [1.54, 1.807) is 0 Å². The molecule has 1 rings (SSSR count). The van der Waals surface area contributed by atoms with Gasteiger partial charge in [-0.15, -0.1) is 0 Å². The van der Waals surface area contributed by atoms with Gasteiger partial charge in [0.15, 0.2) is 0 Å². The predicted molar refractivity (Wildman–Crippen MR) is 64.7 cm³/mol. The fraction of sp³-hybridized carbons (Fsp3) is 0.700. The van der Waals surface area contributed by atoms with E-state index in [9.17, 15) is 9.59 Å². The quantitative estimate of drug-likeness (QED) is 0.469. The highest BCUT2D eigenvalue weighted by atomic mass is 32.1. The molecule has 1 aliphatic rings. The number of thiocarbonyl (C=S) groups is 1. The summed E-state index contributed by atoms with van der Waals surface area (Å²) in [6, 6.07) is 0.123. The lowest BCUT2D eigenvalue weighted by Gasteiger charge is -2.11. The summed E-state index contributed by atoms with van der Waals surface area (Å²) in [5, 5.41) is 5.05. The molecule has 16 heavy (non-hydrogen) atoms. The minimum Gasteiger partial charge on any atom is -0.392 e. The van der Waals surface area contributed by atoms with Gasteiger partial charge >= 0.3 is 11.8 Å². The third-order valence-corrected chi connectivity index (χ3v) is 2.80. The van der Waals surface area contributed by atoms with E-state index < -0.39 is 11.8 Å². The summed E-state index contributed by atoms with van der Waals surface area (Å²) in [4.78, 5) is 22.9. The molecular formula is C10H17N3O2S. The van der Waals surface area contributed by atoms with Crippen molar-refractivity contribution in [2.24, 2.45) is 11.7 Å². The molecule has 0 aromatic carbocycles. The lowest BCUT2D eigenvalue weighted by atomic mass is 10.1. The third-order valence-electron chi connectivity index (χ3n) is 2.66. The molecule has 0 aromatic rings. The number of nitrogens with two attached hydrogens (primary N) is 1. The maximum atomic E-state index is 11.4. The van der Waals surface area contributed by atoms with Crippen LogP contribution in [0.2, 0.25) is 0 Å². The Morgan fingerprint density at radius 3 is 2.56 bits per heavy atom. The van der Waals surface area contributed by atoms with Gasteiger partial charge < -0.3 is 16.4 Å². The molecule has 0 saturated heterocycles. The van der Waals surface area contributed by atoms with E-state index in [0.717, 1.165) is 19.3 Å². The van der Waals surface area contributed by atoms with Crippen molar-refractivity contribution in [1.29, 1.82) is 0 Å². The lowest BCUT2D eigenvalue weighted by Crippen LogP contribution is -2.45. The molecule has 0 spiro atoms. The highest BCUT2D eigenvalue weighted by Crippen LogP contribution is 2.24. The van der Waals surface area contributed by atoms with Crippen molar-refractivity contribution >= 4 is 29.0 Å². The molecule has 2 amide bonds. The molecule has 6 heteroatoms. The average Bonchev–Trinajstić information content (AvgIpc) is 2.60. The monoisotopic (exact) mass is 243 g/mol. The second-order valence-corrected chi connectivity index (χ2v) is 4.76. The average molecular weight is 243 g/mol. The normalized spacial score (nSPS) is 23.8. The molecule has 0 radical (unpaired) electrons. The first-order valence-electron chi connectivity index (χ1n) is 5.36. The summed E-state index contributed by atoms with van der Waals surface area (Å²) in [6.07, 6.45) is 2.98. The Morgan fingerprint density at radius 1 is 1.38 bits per heavy atom. The van der Waals surface area contributed by atoms with Crippen molar-refractivity contribution in [1.82, 2.24) is 10.6 Å². The van der Waals surface area contributed by atoms with Gasteiger partial charge in [0.1, 0.15) is 0 Å². The molecule has 90 valence electrons. The maximum Gasteiger partial charge on any atom is 0.309 e. The highest BCUT2D eigenvalue weighted by molar-refractivity contribution is 7.80. The van der Waals surface area contributed by atoms with E-state index in [2.05, 4.69) is 29.8 Å². The molecule has 2 atom stereocenters. The van der Waals surface area contributed by atoms with Gasteiger partial charge in [0.05, 0.1) is 11.5 Å². The van der Waals surface area contributed by atoms with Crippen LogP contribution < -0.4 is 16.4 Å². The number of hydrogen-bond acceptors (Lipinski definition) is 3. The number of amides is 2. The van der Waals surface area contributed by atoms with Crippen LogP contribution in [0, 0.1) is 5.92 Å². The van der Waals surface area contributed by atoms with Crippen LogP contribution in [0.1, 0.15) is 26.2 Å². The summed E-state index contributed by atoms with van der Waals surface area (Å²) in [6.45, 7) is 2.20. The Labute approximate surface area is 100 Å². The van der Waals surface area contributed by atoms with Gasteiger partial charge in [0.25, 0.3) is 0 Å². The first-order valence-corrected chi connectivity index (χ1v) is 5.77. The zero-order valence-electron chi connectivity index (χ0n) is 9.29. The fourth-order valence-corrected chi connectivity index (χ4v) is 1.91. The van der Waals surface area contributed by atoms with Crippen LogP contribution in [0.5, 0.6) is 0 Å². The largest absolute Gasteiger partial charge is 0.392 e. The van der Waals surface area contributed by atoms with E-state index in [-0.39, 0.29) is 17.6 Å². The molecule has 5 nitrogen and oxygen atoms in total. The minimum atomic E-state index is -0.674. The Kier molecular flexibility index (Phi) is 4.67. The van der Waals surface area contributed by atoms with Gasteiger partial charge in [-0.1, -0.05) is 19.1 Å². The zero-order chi connectivity index (χ0) is 12.1. The molecule has 1 saturated carbocycles. The smallest absolute Gasteiger partial charge is 0.309 e. The molecule has 4 N–H and O–H groups in total. The first-order chi connectivity index (χ1) is 7.49. The summed E-state index contributed by atoms with van der Waals surface area (Å²) < 4.78 is 0. The molecule has 0 aromatic heterocycles. The molecule has 0 heterocycles. The topological polar surface area (TPSA) is 84.2 Å². The van der Waals surface area contributed by atoms with Gasteiger partial charge in [-0.05, 0) is 25.2 Å². The van der Waals surface area contributed by atoms with Crippen LogP contribution in [-0.2, 0) is 9.59 Å². The van der Waals surface area contributed by atoms with Crippen LogP contribution in [0.15, 0.2) is 0 Å². The Hall–Kier alpha value is -1.17. The van der Waals surface area contributed by atoms with Crippen molar-refractivity contribution in [3.8, 4) is 0 Å². The van der Waals surface area contributed by atoms with Gasteiger partial charge in [-0.2, -0.15) is 0 Å². The second kappa shape index (κ2) is 5.79. The van der Waals surface area contributed by atoms with Crippen molar-refractivity contribution in [2.75, 3.05) is 6.54 Å². The predicted octanol–water partition coefficient (Wildman–Crippen LogP) is -0.306. The van der Waals surface area contributed by atoms with Crippen molar-refractivity contribution < 1.29 is 9.59 Å². The Bertz CT molecular complexity index is 306. The fourth-order valence-electron chi connectivity index (χ4n) is 1.84. The van der Waals surface area contributed by atoms with Gasteiger partial charge in [0.2, 0.25) is 0 Å². The van der Waals surface area contributed by atoms with E-state index >= 15 is 0 Å². The van der Waals surface area contributed by atoms with Gasteiger partial charge in [-0.25, -0.2) is 0 Å². The summed E-state index contributed by atoms with van der Waals surface area (Å²) in [5.74, 6) is -0.660. The van der Waals surface area contributed by atoms with Crippen LogP contribution in [0.25, 0.3) is 0 Å². The first kappa shape index (κ1) is 12.9. The molecule has 1 aliphatic carbocycles. The van der Waals surface area contributed by atoms with Crippen LogP contribution in [-0.4, -0.2) is 29.4 Å². The van der Waals surface area contributed by atoms with Crippen LogP contribution in [0.3, 0.4) is 0 Å². The van der Waals surface area contributed by atoms with Gasteiger partial charge in [-0.3, -0.25) is 9.59 Å². The Balaban J connectivity index is 2.29. The zero-order valence-corrected chi connectivity index (χ0v) is 10.1. The summed E-state index contributed by atoms with van der Waals surface area (Å²) >= 11 is 4.59. The van der Waals surface area contributed by atoms with E-state index in [1.807, 2.05) is 0 Å². The van der Waals surface area contributed by atoms with Crippen LogP contribution in [0.4, 0.5) is 0 Å². The van der Waals surface area contributed by atoms with E-state index in [0.29, 0.717) is 5.92 Å². The van der Waals surface area contributed by atoms with Crippen molar-refractivity contribution in [3.05, 3.63) is 0 Å². The third kappa shape index (κ3) is 4.14. The van der Waals surface area contributed by atoms with Crippen molar-refractivity contribution in [3.63, 3.8) is 0 Å². The molecular weight excluding hydrogens is 226 g/mol. The number of carbonyl (C=O) groups is 2. The summed E-state index contributed by atoms with van der Waals surface area (Å²) in [7, 11) is 0. The SMILES string of the molecule is CC1CCC(NC(=O)C(=O)NCC(N)=S)C1. The second-order valence-electron chi connectivity index (χ2n) is 4.24. The molecule has 2 unspecified atom stereocenters. The number of rotatable bonds is 3. The molecule has 0 bridgehead atoms. The van der Waals surface area contributed by atoms with Gasteiger partial charge in [0, 0.05) is 6.04 Å². The molecule has 0 aliphatic heterocycles. The number of nitrogens with one attached hydrogen (secondary N) is 2. The lowest BCUT2D eigenvalue weighted by molar-refractivity contribution is -0.139. The number of hydrogen-bond donors (Lipinski definition) is 3. The Morgan fingerprint density at radius 2 is 2.06 bits per heavy atom. The summed E-state index contributed by atoms with van der Waals surface area (Å²) in [5.41, 5.74) is 5.21. The van der Waals surface area contributed by atoms with E-state index in [1.165, 1.54) is 0 Å². The van der Waals surface area contributed by atoms with E-state index in [4.69, 9.17) is 5.73 Å². The number of carbonyl (C=O) groups excluding carboxylic acids is 2. The minimum absolute atomic E-state index is 0.0582.